The molecular formula is C23H40O6SSi3. The fourth-order valence-electron chi connectivity index (χ4n) is 3.47. The van der Waals surface area contributed by atoms with E-state index < -0.39 is 41.0 Å². The van der Waals surface area contributed by atoms with Crippen molar-refractivity contribution in [2.24, 2.45) is 0 Å². The van der Waals surface area contributed by atoms with Crippen LogP contribution >= 0.6 is 0 Å². The summed E-state index contributed by atoms with van der Waals surface area (Å²) in [5.41, 5.74) is 0. The van der Waals surface area contributed by atoms with Gasteiger partial charge in [-0.25, -0.2) is 13.2 Å². The molecule has 33 heavy (non-hydrogen) atoms. The van der Waals surface area contributed by atoms with Crippen molar-refractivity contribution in [2.45, 2.75) is 76.0 Å². The Morgan fingerprint density at radius 1 is 0.909 bits per heavy atom. The van der Waals surface area contributed by atoms with Crippen LogP contribution in [0.2, 0.25) is 51.9 Å². The minimum Gasteiger partial charge on any atom is -0.465 e. The zero-order chi connectivity index (χ0) is 25.3. The second-order valence-electron chi connectivity index (χ2n) is 10.1. The van der Waals surface area contributed by atoms with E-state index in [1.165, 1.54) is 25.3 Å². The molecule has 0 saturated carbocycles. The highest BCUT2D eigenvalue weighted by Gasteiger charge is 2.39. The topological polar surface area (TPSA) is 78.9 Å². The molecule has 0 spiro atoms. The highest BCUT2D eigenvalue weighted by atomic mass is 32.2. The van der Waals surface area contributed by atoms with Crippen LogP contribution in [-0.4, -0.2) is 46.7 Å². The average Bonchev–Trinajstić information content (AvgIpc) is 2.67. The lowest BCUT2D eigenvalue weighted by atomic mass is 10.2. The van der Waals surface area contributed by atoms with Crippen molar-refractivity contribution in [1.82, 2.24) is 0 Å². The molecule has 0 unspecified atom stereocenters. The van der Waals surface area contributed by atoms with Crippen LogP contribution in [0.4, 0.5) is 0 Å². The van der Waals surface area contributed by atoms with Gasteiger partial charge in [-0.05, 0) is 82.9 Å². The normalized spacial score (nSPS) is 14.0. The maximum absolute atomic E-state index is 12.8. The van der Waals surface area contributed by atoms with Crippen molar-refractivity contribution in [3.8, 4) is 0 Å². The number of hydrogen-bond acceptors (Lipinski definition) is 6. The van der Waals surface area contributed by atoms with E-state index in [1.54, 1.807) is 24.3 Å². The first-order valence-corrected chi connectivity index (χ1v) is 22.1. The Kier molecular flexibility index (Phi) is 11.2. The maximum Gasteiger partial charge on any atom is 0.349 e. The summed E-state index contributed by atoms with van der Waals surface area (Å²) in [4.78, 5) is 11.8. The number of ether oxygens (including phenoxy) is 1. The third-order valence-electron chi connectivity index (χ3n) is 4.41. The summed E-state index contributed by atoms with van der Waals surface area (Å²) in [5.74, 6) is -0.878. The second-order valence-corrected chi connectivity index (χ2v) is 24.8. The first-order valence-electron chi connectivity index (χ1n) is 11.3. The molecule has 10 heteroatoms. The summed E-state index contributed by atoms with van der Waals surface area (Å²) < 4.78 is 43.4. The molecule has 0 aliphatic rings. The zero-order valence-corrected chi connectivity index (χ0v) is 25.1. The van der Waals surface area contributed by atoms with Crippen LogP contribution in [0.1, 0.15) is 19.3 Å². The molecule has 1 aromatic rings. The first-order chi connectivity index (χ1) is 15.1. The number of esters is 1. The van der Waals surface area contributed by atoms with Crippen molar-refractivity contribution in [3.63, 3.8) is 0 Å². The average molecular weight is 529 g/mol. The molecule has 0 aliphatic carbocycles. The van der Waals surface area contributed by atoms with Crippen LogP contribution in [0.25, 0.3) is 0 Å². The quantitative estimate of drug-likeness (QED) is 0.102. The minimum atomic E-state index is -3.95. The van der Waals surface area contributed by atoms with Crippen LogP contribution in [-0.2, 0) is 27.6 Å². The van der Waals surface area contributed by atoms with E-state index >= 15 is 0 Å². The van der Waals surface area contributed by atoms with Crippen LogP contribution in [0.15, 0.2) is 58.4 Å². The fourth-order valence-corrected chi connectivity index (χ4v) is 17.4. The molecule has 0 radical (unpaired) electrons. The summed E-state index contributed by atoms with van der Waals surface area (Å²) in [6.45, 7) is 15.4. The van der Waals surface area contributed by atoms with E-state index in [-0.39, 0.29) is 9.80 Å². The summed E-state index contributed by atoms with van der Waals surface area (Å²) in [6.07, 6.45) is 7.46. The van der Waals surface area contributed by atoms with Gasteiger partial charge < -0.3 is 13.0 Å². The minimum absolute atomic E-state index is 0.0593. The van der Waals surface area contributed by atoms with Gasteiger partial charge in [0, 0.05) is 0 Å². The van der Waals surface area contributed by atoms with Gasteiger partial charge in [0.2, 0.25) is 9.84 Å². The molecule has 1 rings (SSSR count). The third-order valence-corrected chi connectivity index (χ3v) is 15.8. The van der Waals surface area contributed by atoms with E-state index in [4.69, 9.17) is 13.0 Å². The standard InChI is InChI=1S/C23H40O6SSi3/c1-27-23(24)22(30(25,26)21-17-13-12-14-18-21)19-15-10-9-11-16-20-33(8,28-31(2,3)4)29-32(5,6)7/h10,12-15,17-19H,9,11,16,20H2,1-8H3/b15-10+,22-19+. The van der Waals surface area contributed by atoms with Gasteiger partial charge in [0.05, 0.1) is 12.0 Å². The lowest BCUT2D eigenvalue weighted by Crippen LogP contribution is -2.52. The Bertz CT molecular complexity index is 913. The van der Waals surface area contributed by atoms with Gasteiger partial charge in [-0.3, -0.25) is 0 Å². The summed E-state index contributed by atoms with van der Waals surface area (Å²) >= 11 is 0. The smallest absolute Gasteiger partial charge is 0.349 e. The molecular weight excluding hydrogens is 489 g/mol. The number of allylic oxidation sites excluding steroid dienone is 3. The van der Waals surface area contributed by atoms with Crippen LogP contribution in [0, 0.1) is 0 Å². The lowest BCUT2D eigenvalue weighted by molar-refractivity contribution is -0.135. The number of rotatable bonds is 13. The largest absolute Gasteiger partial charge is 0.465 e. The summed E-state index contributed by atoms with van der Waals surface area (Å²) in [7, 11) is -8.44. The molecule has 0 amide bonds. The lowest BCUT2D eigenvalue weighted by Gasteiger charge is -2.38. The van der Waals surface area contributed by atoms with Crippen LogP contribution < -0.4 is 0 Å². The van der Waals surface area contributed by atoms with Crippen molar-refractivity contribution in [2.75, 3.05) is 7.11 Å². The van der Waals surface area contributed by atoms with E-state index in [1.807, 2.05) is 6.08 Å². The molecule has 6 nitrogen and oxygen atoms in total. The van der Waals surface area contributed by atoms with Gasteiger partial charge in [0.15, 0.2) is 21.5 Å². The summed E-state index contributed by atoms with van der Waals surface area (Å²) in [6, 6.07) is 8.81. The predicted molar refractivity (Wildman–Crippen MR) is 142 cm³/mol. The Balaban J connectivity index is 2.79. The Morgan fingerprint density at radius 2 is 1.45 bits per heavy atom. The van der Waals surface area contributed by atoms with Gasteiger partial charge in [-0.1, -0.05) is 36.8 Å². The number of carbonyl (C=O) groups excluding carboxylic acids is 1. The van der Waals surface area contributed by atoms with Gasteiger partial charge in [0.25, 0.3) is 0 Å². The molecule has 186 valence electrons. The molecule has 0 fully saturated rings. The summed E-state index contributed by atoms with van der Waals surface area (Å²) in [5, 5.41) is 0. The molecule has 0 aliphatic heterocycles. The molecule has 0 heterocycles. The van der Waals surface area contributed by atoms with E-state index in [9.17, 15) is 13.2 Å². The molecule has 0 saturated heterocycles. The Hall–Kier alpha value is -1.31. The van der Waals surface area contributed by atoms with E-state index in [0.29, 0.717) is 0 Å². The number of hydrogen-bond donors (Lipinski definition) is 0. The van der Waals surface area contributed by atoms with Gasteiger partial charge in [0.1, 0.15) is 0 Å². The monoisotopic (exact) mass is 528 g/mol. The van der Waals surface area contributed by atoms with Gasteiger partial charge in [-0.2, -0.15) is 0 Å². The Labute approximate surface area is 203 Å². The second kappa shape index (κ2) is 12.4. The zero-order valence-electron chi connectivity index (χ0n) is 21.3. The Morgan fingerprint density at radius 3 is 1.94 bits per heavy atom. The van der Waals surface area contributed by atoms with Crippen LogP contribution in [0.3, 0.4) is 0 Å². The predicted octanol–water partition coefficient (Wildman–Crippen LogP) is 6.02. The highest BCUT2D eigenvalue weighted by Crippen LogP contribution is 2.26. The number of carbonyl (C=O) groups is 1. The van der Waals surface area contributed by atoms with Gasteiger partial charge in [-0.15, -0.1) is 0 Å². The highest BCUT2D eigenvalue weighted by molar-refractivity contribution is 7.96. The number of methoxy groups -OCH3 is 1. The number of unbranched alkanes of at least 4 members (excludes halogenated alkanes) is 2. The van der Waals surface area contributed by atoms with E-state index in [0.717, 1.165) is 25.3 Å². The molecule has 1 aromatic carbocycles. The molecule has 0 aromatic heterocycles. The van der Waals surface area contributed by atoms with E-state index in [2.05, 4.69) is 45.8 Å². The SMILES string of the molecule is COC(=O)/C(=C\C=C\CCCC[Si](C)(O[Si](C)(C)C)O[Si](C)(C)C)S(=O)(=O)c1ccccc1. The number of benzene rings is 1. The van der Waals surface area contributed by atoms with Crippen molar-refractivity contribution < 1.29 is 26.2 Å². The van der Waals surface area contributed by atoms with Crippen molar-refractivity contribution in [1.29, 1.82) is 0 Å². The maximum atomic E-state index is 12.8. The first kappa shape index (κ1) is 29.7. The fraction of sp³-hybridized carbons (Fsp3) is 0.522. The molecule has 0 N–H and O–H groups in total. The van der Waals surface area contributed by atoms with Crippen LogP contribution in [0.5, 0.6) is 0 Å². The molecule has 0 atom stereocenters. The molecule has 0 bridgehead atoms. The third kappa shape index (κ3) is 11.1. The van der Waals surface area contributed by atoms with Gasteiger partial charge >= 0.3 is 14.5 Å². The van der Waals surface area contributed by atoms with Crippen molar-refractivity contribution in [3.05, 3.63) is 53.5 Å². The van der Waals surface area contributed by atoms with Crippen molar-refractivity contribution >= 4 is 41.0 Å². The number of sulfone groups is 1.